The lowest BCUT2D eigenvalue weighted by Crippen LogP contribution is -2.17. The summed E-state index contributed by atoms with van der Waals surface area (Å²) in [5, 5.41) is 9.06. The van der Waals surface area contributed by atoms with Crippen LogP contribution in [-0.4, -0.2) is 18.2 Å². The van der Waals surface area contributed by atoms with Crippen molar-refractivity contribution in [3.63, 3.8) is 0 Å². The second kappa shape index (κ2) is 4.04. The number of carboxylic acid groups (broad SMARTS) is 1. The number of hydrogen-bond acceptors (Lipinski definition) is 3. The summed E-state index contributed by atoms with van der Waals surface area (Å²) in [5.74, 6) is -0.664. The number of aromatic carboxylic acids is 1. The van der Waals surface area contributed by atoms with Crippen molar-refractivity contribution in [2.24, 2.45) is 0 Å². The molecule has 0 aliphatic heterocycles. The second-order valence-corrected chi connectivity index (χ2v) is 4.67. The third-order valence-corrected chi connectivity index (χ3v) is 2.37. The standard InChI is InChI=1S/C12H17NO3/c1-12(2,3)9-8(13)6-5-7(11(14)15)10(9)16-4/h5-6H,13H2,1-4H3,(H,14,15). The molecule has 0 aromatic heterocycles. The first-order valence-electron chi connectivity index (χ1n) is 4.99. The van der Waals surface area contributed by atoms with Crippen molar-refractivity contribution in [3.8, 4) is 5.75 Å². The van der Waals surface area contributed by atoms with E-state index in [-0.39, 0.29) is 11.0 Å². The highest BCUT2D eigenvalue weighted by Gasteiger charge is 2.26. The van der Waals surface area contributed by atoms with Crippen LogP contribution >= 0.6 is 0 Å². The van der Waals surface area contributed by atoms with E-state index in [4.69, 9.17) is 15.6 Å². The van der Waals surface area contributed by atoms with Gasteiger partial charge in [-0.05, 0) is 17.5 Å². The molecule has 4 heteroatoms. The van der Waals surface area contributed by atoms with Crippen LogP contribution < -0.4 is 10.5 Å². The Labute approximate surface area is 95.0 Å². The first-order chi connectivity index (χ1) is 7.29. The lowest BCUT2D eigenvalue weighted by molar-refractivity contribution is 0.0693. The third kappa shape index (κ3) is 2.10. The highest BCUT2D eigenvalue weighted by Crippen LogP contribution is 2.38. The molecular weight excluding hydrogens is 206 g/mol. The number of ether oxygens (including phenoxy) is 1. The summed E-state index contributed by atoms with van der Waals surface area (Å²) in [4.78, 5) is 11.1. The van der Waals surface area contributed by atoms with Crippen LogP contribution in [0.25, 0.3) is 0 Å². The van der Waals surface area contributed by atoms with E-state index < -0.39 is 5.97 Å². The van der Waals surface area contributed by atoms with Crippen molar-refractivity contribution in [1.29, 1.82) is 0 Å². The van der Waals surface area contributed by atoms with E-state index in [2.05, 4.69) is 0 Å². The van der Waals surface area contributed by atoms with Crippen molar-refractivity contribution >= 4 is 11.7 Å². The molecule has 16 heavy (non-hydrogen) atoms. The van der Waals surface area contributed by atoms with Crippen molar-refractivity contribution < 1.29 is 14.6 Å². The molecule has 0 radical (unpaired) electrons. The van der Waals surface area contributed by atoms with Gasteiger partial charge >= 0.3 is 5.97 Å². The third-order valence-electron chi connectivity index (χ3n) is 2.37. The van der Waals surface area contributed by atoms with Gasteiger partial charge in [0.25, 0.3) is 0 Å². The van der Waals surface area contributed by atoms with Crippen LogP contribution in [0.4, 0.5) is 5.69 Å². The van der Waals surface area contributed by atoms with Crippen LogP contribution in [0.2, 0.25) is 0 Å². The van der Waals surface area contributed by atoms with Crippen molar-refractivity contribution in [1.82, 2.24) is 0 Å². The fourth-order valence-corrected chi connectivity index (χ4v) is 1.75. The highest BCUT2D eigenvalue weighted by molar-refractivity contribution is 5.92. The Balaban J connectivity index is 3.57. The Kier molecular flexibility index (Phi) is 3.12. The molecule has 0 spiro atoms. The average molecular weight is 223 g/mol. The number of rotatable bonds is 2. The minimum atomic E-state index is -1.01. The zero-order chi connectivity index (χ0) is 12.5. The molecule has 1 aromatic rings. The Morgan fingerprint density at radius 1 is 1.38 bits per heavy atom. The number of nitrogen functional groups attached to an aromatic ring is 1. The largest absolute Gasteiger partial charge is 0.495 e. The minimum absolute atomic E-state index is 0.140. The van der Waals surface area contributed by atoms with Crippen molar-refractivity contribution in [3.05, 3.63) is 23.3 Å². The van der Waals surface area contributed by atoms with Gasteiger partial charge in [-0.25, -0.2) is 4.79 Å². The average Bonchev–Trinajstić information content (AvgIpc) is 2.14. The molecule has 0 atom stereocenters. The summed E-state index contributed by atoms with van der Waals surface area (Å²) in [6, 6.07) is 3.07. The number of nitrogens with two attached hydrogens (primary N) is 1. The summed E-state index contributed by atoms with van der Waals surface area (Å²) in [5.41, 5.74) is 7.04. The van der Waals surface area contributed by atoms with Crippen LogP contribution in [0, 0.1) is 0 Å². The zero-order valence-corrected chi connectivity index (χ0v) is 10.00. The SMILES string of the molecule is COc1c(C(=O)O)ccc(N)c1C(C)(C)C. The van der Waals surface area contributed by atoms with Gasteiger partial charge in [0, 0.05) is 11.3 Å². The molecule has 0 aliphatic rings. The molecule has 0 saturated heterocycles. The maximum absolute atomic E-state index is 11.1. The number of benzene rings is 1. The summed E-state index contributed by atoms with van der Waals surface area (Å²) < 4.78 is 5.18. The number of anilines is 1. The fourth-order valence-electron chi connectivity index (χ4n) is 1.75. The number of methoxy groups -OCH3 is 1. The topological polar surface area (TPSA) is 72.5 Å². The molecule has 1 rings (SSSR count). The summed E-state index contributed by atoms with van der Waals surface area (Å²) in [6.45, 7) is 5.90. The number of carbonyl (C=O) groups is 1. The maximum atomic E-state index is 11.1. The lowest BCUT2D eigenvalue weighted by Gasteiger charge is -2.24. The van der Waals surface area contributed by atoms with Crippen molar-refractivity contribution in [2.75, 3.05) is 12.8 Å². The van der Waals surface area contributed by atoms with Gasteiger partial charge in [0.15, 0.2) is 0 Å². The van der Waals surface area contributed by atoms with Crippen LogP contribution in [-0.2, 0) is 5.41 Å². The molecule has 0 aliphatic carbocycles. The van der Waals surface area contributed by atoms with Crippen molar-refractivity contribution in [2.45, 2.75) is 26.2 Å². The van der Waals surface area contributed by atoms with E-state index >= 15 is 0 Å². The molecule has 0 fully saturated rings. The van der Waals surface area contributed by atoms with E-state index in [1.807, 2.05) is 20.8 Å². The molecule has 4 nitrogen and oxygen atoms in total. The lowest BCUT2D eigenvalue weighted by atomic mass is 9.84. The van der Waals surface area contributed by atoms with Gasteiger partial charge in [-0.1, -0.05) is 20.8 Å². The molecule has 88 valence electrons. The predicted octanol–water partition coefficient (Wildman–Crippen LogP) is 2.27. The Bertz CT molecular complexity index is 419. The zero-order valence-electron chi connectivity index (χ0n) is 10.00. The molecule has 0 heterocycles. The van der Waals surface area contributed by atoms with Crippen LogP contribution in [0.3, 0.4) is 0 Å². The molecular formula is C12H17NO3. The predicted molar refractivity (Wildman–Crippen MR) is 63.1 cm³/mol. The van der Waals surface area contributed by atoms with E-state index in [9.17, 15) is 4.79 Å². The molecule has 1 aromatic carbocycles. The Hall–Kier alpha value is -1.71. The van der Waals surface area contributed by atoms with Gasteiger partial charge < -0.3 is 15.6 Å². The smallest absolute Gasteiger partial charge is 0.339 e. The summed E-state index contributed by atoms with van der Waals surface area (Å²) in [7, 11) is 1.45. The molecule has 0 amide bonds. The maximum Gasteiger partial charge on any atom is 0.339 e. The molecule has 0 saturated carbocycles. The number of hydrogen-bond donors (Lipinski definition) is 2. The van der Waals surface area contributed by atoms with Crippen LogP contribution in [0.1, 0.15) is 36.7 Å². The second-order valence-electron chi connectivity index (χ2n) is 4.67. The van der Waals surface area contributed by atoms with Crippen LogP contribution in [0.15, 0.2) is 12.1 Å². The van der Waals surface area contributed by atoms with E-state index in [1.165, 1.54) is 13.2 Å². The Morgan fingerprint density at radius 3 is 2.31 bits per heavy atom. The van der Waals surface area contributed by atoms with Gasteiger partial charge in [0.1, 0.15) is 11.3 Å². The monoisotopic (exact) mass is 223 g/mol. The molecule has 0 unspecified atom stereocenters. The quantitative estimate of drug-likeness (QED) is 0.754. The van der Waals surface area contributed by atoms with Gasteiger partial charge in [-0.15, -0.1) is 0 Å². The molecule has 3 N–H and O–H groups in total. The Morgan fingerprint density at radius 2 is 1.94 bits per heavy atom. The van der Waals surface area contributed by atoms with Gasteiger partial charge in [0.05, 0.1) is 7.11 Å². The van der Waals surface area contributed by atoms with Gasteiger partial charge in [-0.2, -0.15) is 0 Å². The first kappa shape index (κ1) is 12.4. The van der Waals surface area contributed by atoms with Crippen LogP contribution in [0.5, 0.6) is 5.75 Å². The van der Waals surface area contributed by atoms with Gasteiger partial charge in [0.2, 0.25) is 0 Å². The minimum Gasteiger partial charge on any atom is -0.495 e. The van der Waals surface area contributed by atoms with Gasteiger partial charge in [-0.3, -0.25) is 0 Å². The van der Waals surface area contributed by atoms with E-state index in [1.54, 1.807) is 6.07 Å². The fraction of sp³-hybridized carbons (Fsp3) is 0.417. The summed E-state index contributed by atoms with van der Waals surface area (Å²) >= 11 is 0. The highest BCUT2D eigenvalue weighted by atomic mass is 16.5. The molecule has 0 bridgehead atoms. The van der Waals surface area contributed by atoms with E-state index in [0.29, 0.717) is 11.4 Å². The summed E-state index contributed by atoms with van der Waals surface area (Å²) in [6.07, 6.45) is 0. The first-order valence-corrected chi connectivity index (χ1v) is 4.99. The van der Waals surface area contributed by atoms with E-state index in [0.717, 1.165) is 5.56 Å². The normalized spacial score (nSPS) is 11.2. The number of carboxylic acids is 1.